The fourth-order valence-electron chi connectivity index (χ4n) is 0.894. The number of carbonyl (C=O) groups excluding carboxylic acids is 2. The van der Waals surface area contributed by atoms with Gasteiger partial charge in [-0.1, -0.05) is 0 Å². The third kappa shape index (κ3) is 1.64. The molecule has 0 saturated carbocycles. The summed E-state index contributed by atoms with van der Waals surface area (Å²) in [6, 6.07) is 0. The van der Waals surface area contributed by atoms with Crippen LogP contribution < -0.4 is 11.3 Å². The zero-order valence-corrected chi connectivity index (χ0v) is 7.63. The maximum atomic E-state index is 11.0. The molecule has 1 unspecified atom stereocenters. The van der Waals surface area contributed by atoms with Gasteiger partial charge in [0.25, 0.3) is 5.91 Å². The number of hydrazine groups is 1. The molecule has 74 valence electrons. The van der Waals surface area contributed by atoms with Gasteiger partial charge in [0, 0.05) is 0 Å². The molecule has 1 aliphatic heterocycles. The molecule has 0 radical (unpaired) electrons. The lowest BCUT2D eigenvalue weighted by atomic mass is 10.4. The van der Waals surface area contributed by atoms with E-state index in [1.54, 1.807) is 0 Å². The van der Waals surface area contributed by atoms with Gasteiger partial charge in [-0.3, -0.25) is 10.2 Å². The van der Waals surface area contributed by atoms with Crippen molar-refractivity contribution in [3.63, 3.8) is 0 Å². The molecule has 0 fully saturated rings. The third-order valence-electron chi connectivity index (χ3n) is 1.47. The summed E-state index contributed by atoms with van der Waals surface area (Å²) >= 11 is 0. The molecule has 1 heterocycles. The molecular weight excluding hydrogens is 208 g/mol. The van der Waals surface area contributed by atoms with Crippen molar-refractivity contribution in [3.8, 4) is 0 Å². The molecule has 0 aromatic carbocycles. The fourth-order valence-corrected chi connectivity index (χ4v) is 2.14. The van der Waals surface area contributed by atoms with E-state index in [2.05, 4.69) is 0 Å². The first kappa shape index (κ1) is 10.4. The topological polar surface area (TPSA) is 109 Å². The number of carboxylic acid groups (broad SMARTS) is 1. The smallest absolute Gasteiger partial charge is 0.342 e. The number of nitrogens with two attached hydrogens (primary N) is 1. The molecule has 1 aliphatic rings. The fraction of sp³-hybridized carbons (Fsp3) is 0. The highest BCUT2D eigenvalue weighted by Gasteiger charge is 2.25. The first-order valence-electron chi connectivity index (χ1n) is 3.40. The molecule has 14 heavy (non-hydrogen) atoms. The molecule has 7 heteroatoms. The summed E-state index contributed by atoms with van der Waals surface area (Å²) in [5, 5.41) is 10.2. The number of hydrogen-bond donors (Lipinski definition) is 3. The SMILES string of the molecule is NNC(=O)C1=CC=C(C(=O)O)S1=C=O. The molecule has 0 spiro atoms. The summed E-state index contributed by atoms with van der Waals surface area (Å²) in [5.41, 5.74) is 1.83. The van der Waals surface area contributed by atoms with E-state index in [1.165, 1.54) is 17.4 Å². The Labute approximate surface area is 81.0 Å². The first-order chi connectivity index (χ1) is 6.61. The average Bonchev–Trinajstić information content (AvgIpc) is 2.59. The number of carbonyl (C=O) groups is 2. The molecule has 0 saturated heterocycles. The second-order valence-corrected chi connectivity index (χ2v) is 3.89. The molecule has 6 nitrogen and oxygen atoms in total. The maximum Gasteiger partial charge on any atom is 0.342 e. The standard InChI is InChI=1S/C7H6N2O4S/c8-9-6(11)4-1-2-5(7(12)13)14(4)3-10/h1-2H,8H2,(H,9,11)(H,12,13). The van der Waals surface area contributed by atoms with Gasteiger partial charge in [0.05, 0.1) is 4.91 Å². The van der Waals surface area contributed by atoms with Crippen molar-refractivity contribution in [3.05, 3.63) is 22.0 Å². The minimum atomic E-state index is -1.44. The second-order valence-electron chi connectivity index (χ2n) is 2.23. The van der Waals surface area contributed by atoms with Crippen LogP contribution >= 0.6 is 10.5 Å². The van der Waals surface area contributed by atoms with E-state index in [4.69, 9.17) is 10.9 Å². The van der Waals surface area contributed by atoms with Crippen molar-refractivity contribution in [1.82, 2.24) is 5.43 Å². The summed E-state index contributed by atoms with van der Waals surface area (Å²) in [7, 11) is -1.44. The lowest BCUT2D eigenvalue weighted by Crippen LogP contribution is -2.30. The quantitative estimate of drug-likeness (QED) is 0.241. The molecule has 0 bridgehead atoms. The van der Waals surface area contributed by atoms with Gasteiger partial charge in [-0.2, -0.15) is 0 Å². The van der Waals surface area contributed by atoms with Crippen LogP contribution in [0.5, 0.6) is 0 Å². The summed E-state index contributed by atoms with van der Waals surface area (Å²) in [6.07, 6.45) is 2.45. The average molecular weight is 214 g/mol. The van der Waals surface area contributed by atoms with Crippen molar-refractivity contribution in [2.75, 3.05) is 0 Å². The Morgan fingerprint density at radius 3 is 2.43 bits per heavy atom. The van der Waals surface area contributed by atoms with Crippen molar-refractivity contribution in [1.29, 1.82) is 0 Å². The summed E-state index contributed by atoms with van der Waals surface area (Å²) in [6.45, 7) is 0. The van der Waals surface area contributed by atoms with Crippen LogP contribution in [0.1, 0.15) is 0 Å². The largest absolute Gasteiger partial charge is 0.477 e. The highest BCUT2D eigenvalue weighted by Crippen LogP contribution is 2.37. The Morgan fingerprint density at radius 2 is 2.00 bits per heavy atom. The molecule has 1 rings (SSSR count). The number of nitrogens with one attached hydrogen (secondary N) is 1. The minimum absolute atomic E-state index is 0.0138. The van der Waals surface area contributed by atoms with E-state index in [1.807, 2.05) is 5.43 Å². The van der Waals surface area contributed by atoms with Crippen LogP contribution in [-0.2, 0) is 14.4 Å². The highest BCUT2D eigenvalue weighted by molar-refractivity contribution is 8.22. The summed E-state index contributed by atoms with van der Waals surface area (Å²) < 4.78 is 0. The zero-order chi connectivity index (χ0) is 10.7. The van der Waals surface area contributed by atoms with Crippen LogP contribution in [0.2, 0.25) is 0 Å². The lowest BCUT2D eigenvalue weighted by molar-refractivity contribution is -0.131. The predicted octanol–water partition coefficient (Wildman–Crippen LogP) is -0.822. The van der Waals surface area contributed by atoms with Gasteiger partial charge in [-0.15, -0.1) is 0 Å². The lowest BCUT2D eigenvalue weighted by Gasteiger charge is -2.02. The van der Waals surface area contributed by atoms with E-state index >= 15 is 0 Å². The highest BCUT2D eigenvalue weighted by atomic mass is 32.2. The van der Waals surface area contributed by atoms with E-state index in [-0.39, 0.29) is 9.81 Å². The van der Waals surface area contributed by atoms with Crippen molar-refractivity contribution in [2.45, 2.75) is 0 Å². The molecule has 0 aliphatic carbocycles. The van der Waals surface area contributed by atoms with Gasteiger partial charge in [0.1, 0.15) is 4.91 Å². The molecule has 4 N–H and O–H groups in total. The van der Waals surface area contributed by atoms with Gasteiger partial charge in [0.15, 0.2) is 5.23 Å². The van der Waals surface area contributed by atoms with Crippen LogP contribution in [0.15, 0.2) is 22.0 Å². The van der Waals surface area contributed by atoms with Gasteiger partial charge in [0.2, 0.25) is 0 Å². The predicted molar refractivity (Wildman–Crippen MR) is 49.4 cm³/mol. The van der Waals surface area contributed by atoms with Crippen LogP contribution in [0.25, 0.3) is 0 Å². The summed E-state index contributed by atoms with van der Waals surface area (Å²) in [5.74, 6) is 2.93. The Kier molecular flexibility index (Phi) is 2.98. The van der Waals surface area contributed by atoms with Crippen LogP contribution in [-0.4, -0.2) is 22.2 Å². The number of hydrogen-bond acceptors (Lipinski definition) is 4. The second kappa shape index (κ2) is 4.01. The van der Waals surface area contributed by atoms with E-state index in [0.717, 1.165) is 0 Å². The van der Waals surface area contributed by atoms with Crippen molar-refractivity contribution in [2.24, 2.45) is 5.84 Å². The Hall–Kier alpha value is -1.69. The monoisotopic (exact) mass is 214 g/mol. The molecule has 0 aromatic heterocycles. The van der Waals surface area contributed by atoms with Gasteiger partial charge >= 0.3 is 5.97 Å². The Balaban J connectivity index is 3.08. The maximum absolute atomic E-state index is 11.0. The van der Waals surface area contributed by atoms with Crippen molar-refractivity contribution >= 4 is 27.6 Å². The minimum Gasteiger partial charge on any atom is -0.477 e. The first-order valence-corrected chi connectivity index (χ1v) is 4.62. The number of aliphatic carboxylic acids is 1. The number of carboxylic acids is 1. The number of rotatable bonds is 2. The van der Waals surface area contributed by atoms with Gasteiger partial charge in [-0.25, -0.2) is 15.4 Å². The van der Waals surface area contributed by atoms with Gasteiger partial charge in [-0.05, 0) is 22.6 Å². The zero-order valence-electron chi connectivity index (χ0n) is 6.81. The van der Waals surface area contributed by atoms with Gasteiger partial charge < -0.3 is 5.11 Å². The third-order valence-corrected chi connectivity index (χ3v) is 3.15. The van der Waals surface area contributed by atoms with E-state index in [9.17, 15) is 14.4 Å². The molecular formula is C7H6N2O4S. The Bertz CT molecular complexity index is 417. The normalized spacial score (nSPS) is 19.4. The Morgan fingerprint density at radius 1 is 1.43 bits per heavy atom. The van der Waals surface area contributed by atoms with E-state index < -0.39 is 22.4 Å². The molecule has 1 amide bonds. The number of amides is 1. The molecule has 0 aromatic rings. The summed E-state index contributed by atoms with van der Waals surface area (Å²) in [4.78, 5) is 32.0. The molecule has 1 atom stereocenters. The van der Waals surface area contributed by atoms with E-state index in [0.29, 0.717) is 0 Å². The number of allylic oxidation sites excluding steroid dienone is 2. The van der Waals surface area contributed by atoms with Crippen LogP contribution in [0.3, 0.4) is 0 Å². The van der Waals surface area contributed by atoms with Crippen molar-refractivity contribution < 1.29 is 19.5 Å². The van der Waals surface area contributed by atoms with Crippen LogP contribution in [0.4, 0.5) is 0 Å². The van der Waals surface area contributed by atoms with Crippen LogP contribution in [0, 0.1) is 0 Å².